The Morgan fingerprint density at radius 2 is 1.91 bits per heavy atom. The molecule has 4 aromatic rings. The number of benzene rings is 2. The average molecular weight is 459 g/mol. The maximum atomic E-state index is 12.9. The van der Waals surface area contributed by atoms with E-state index in [0.717, 1.165) is 22.6 Å². The van der Waals surface area contributed by atoms with Gasteiger partial charge in [-0.05, 0) is 43.7 Å². The Balaban J connectivity index is 1.55. The molecule has 0 bridgehead atoms. The van der Waals surface area contributed by atoms with Crippen LogP contribution < -0.4 is 10.1 Å². The number of rotatable bonds is 7. The average Bonchev–Trinajstić information content (AvgIpc) is 3.41. The number of methoxy groups -OCH3 is 1. The maximum Gasteiger partial charge on any atom is 0.236 e. The van der Waals surface area contributed by atoms with Crippen LogP contribution in [0.1, 0.15) is 16.8 Å². The molecule has 0 unspecified atom stereocenters. The van der Waals surface area contributed by atoms with Crippen LogP contribution in [0.5, 0.6) is 5.75 Å². The normalized spacial score (nSPS) is 10.6. The molecule has 0 spiro atoms. The molecule has 4 rings (SSSR count). The Hall–Kier alpha value is -4.03. The number of para-hydroxylation sites is 1. The molecule has 0 saturated heterocycles. The summed E-state index contributed by atoms with van der Waals surface area (Å²) in [5, 5.41) is 21.4. The first-order valence-corrected chi connectivity index (χ1v) is 11.2. The van der Waals surface area contributed by atoms with E-state index in [2.05, 4.69) is 21.6 Å². The molecule has 9 heteroatoms. The van der Waals surface area contributed by atoms with Crippen molar-refractivity contribution < 1.29 is 9.53 Å². The van der Waals surface area contributed by atoms with Gasteiger partial charge in [0.25, 0.3) is 0 Å². The number of carbonyl (C=O) groups is 1. The minimum absolute atomic E-state index is 0.103. The molecule has 0 radical (unpaired) electrons. The van der Waals surface area contributed by atoms with Crippen molar-refractivity contribution in [3.05, 3.63) is 77.7 Å². The summed E-state index contributed by atoms with van der Waals surface area (Å²) < 4.78 is 8.98. The molecular weight excluding hydrogens is 436 g/mol. The summed E-state index contributed by atoms with van der Waals surface area (Å²) in [6, 6.07) is 19.4. The van der Waals surface area contributed by atoms with Gasteiger partial charge in [0.05, 0.1) is 24.1 Å². The number of ether oxygens (including phenoxy) is 1. The van der Waals surface area contributed by atoms with Crippen molar-refractivity contribution in [1.29, 1.82) is 5.26 Å². The van der Waals surface area contributed by atoms with Gasteiger partial charge in [-0.3, -0.25) is 13.9 Å². The molecule has 1 amide bonds. The largest absolute Gasteiger partial charge is 0.497 e. The number of nitrogens with one attached hydrogen (secondary N) is 1. The first-order chi connectivity index (χ1) is 16.0. The summed E-state index contributed by atoms with van der Waals surface area (Å²) in [4.78, 5) is 12.9. The zero-order chi connectivity index (χ0) is 23.4. The number of nitriles is 1. The molecule has 0 aliphatic carbocycles. The van der Waals surface area contributed by atoms with Crippen molar-refractivity contribution in [3.8, 4) is 23.2 Å². The van der Waals surface area contributed by atoms with Crippen LogP contribution in [0, 0.1) is 25.2 Å². The molecule has 0 atom stereocenters. The third-order valence-corrected chi connectivity index (χ3v) is 6.22. The van der Waals surface area contributed by atoms with Gasteiger partial charge in [-0.1, -0.05) is 36.0 Å². The van der Waals surface area contributed by atoms with Gasteiger partial charge >= 0.3 is 0 Å². The van der Waals surface area contributed by atoms with E-state index < -0.39 is 0 Å². The van der Waals surface area contributed by atoms with Gasteiger partial charge in [0.2, 0.25) is 5.91 Å². The number of nitrogens with zero attached hydrogens (tertiary/aromatic N) is 5. The van der Waals surface area contributed by atoms with E-state index in [0.29, 0.717) is 22.3 Å². The van der Waals surface area contributed by atoms with Crippen LogP contribution in [-0.2, 0) is 4.79 Å². The van der Waals surface area contributed by atoms with Crippen LogP contribution in [0.4, 0.5) is 5.82 Å². The Morgan fingerprint density at radius 1 is 1.15 bits per heavy atom. The third-order valence-electron chi connectivity index (χ3n) is 5.28. The van der Waals surface area contributed by atoms with E-state index in [9.17, 15) is 10.1 Å². The highest BCUT2D eigenvalue weighted by atomic mass is 32.2. The number of hydrogen-bond acceptors (Lipinski definition) is 6. The first-order valence-electron chi connectivity index (χ1n) is 10.2. The lowest BCUT2D eigenvalue weighted by Crippen LogP contribution is -2.18. The summed E-state index contributed by atoms with van der Waals surface area (Å²) in [5.41, 5.74) is 3.90. The molecular formula is C24H22N6O2S. The lowest BCUT2D eigenvalue weighted by Gasteiger charge is -2.13. The smallest absolute Gasteiger partial charge is 0.236 e. The molecule has 0 aliphatic rings. The van der Waals surface area contributed by atoms with Crippen LogP contribution in [0.15, 0.2) is 66.1 Å². The van der Waals surface area contributed by atoms with Gasteiger partial charge in [0, 0.05) is 17.4 Å². The van der Waals surface area contributed by atoms with Crippen molar-refractivity contribution in [1.82, 2.24) is 19.3 Å². The minimum Gasteiger partial charge on any atom is -0.497 e. The number of carbonyl (C=O) groups excluding carboxylic acids is 1. The Labute approximate surface area is 195 Å². The lowest BCUT2D eigenvalue weighted by atomic mass is 10.2. The number of amides is 1. The molecule has 2 heterocycles. The van der Waals surface area contributed by atoms with E-state index in [1.165, 1.54) is 11.8 Å². The molecule has 8 nitrogen and oxygen atoms in total. The number of hydrogen-bond donors (Lipinski definition) is 1. The standard InChI is InChI=1S/C24H22N6O2S/c1-16-17(2)30(18-8-5-4-6-9-18)23(21(16)13-25)27-22(31)14-33-24-28-26-15-29(24)19-10-7-11-20(12-19)32-3/h4-12,15H,14H2,1-3H3,(H,27,31). The summed E-state index contributed by atoms with van der Waals surface area (Å²) >= 11 is 1.26. The van der Waals surface area contributed by atoms with E-state index in [1.807, 2.05) is 73.0 Å². The van der Waals surface area contributed by atoms with Gasteiger partial charge in [-0.15, -0.1) is 10.2 Å². The van der Waals surface area contributed by atoms with Crippen LogP contribution in [0.3, 0.4) is 0 Å². The van der Waals surface area contributed by atoms with E-state index in [1.54, 1.807) is 18.0 Å². The molecule has 166 valence electrons. The van der Waals surface area contributed by atoms with Crippen molar-refractivity contribution in [2.24, 2.45) is 0 Å². The number of thioether (sulfide) groups is 1. The van der Waals surface area contributed by atoms with E-state index in [4.69, 9.17) is 4.74 Å². The third kappa shape index (κ3) is 4.47. The highest BCUT2D eigenvalue weighted by Gasteiger charge is 2.21. The van der Waals surface area contributed by atoms with E-state index in [-0.39, 0.29) is 11.7 Å². The fourth-order valence-electron chi connectivity index (χ4n) is 3.52. The Bertz CT molecular complexity index is 1340. The number of aromatic nitrogens is 4. The summed E-state index contributed by atoms with van der Waals surface area (Å²) in [5.74, 6) is 1.04. The van der Waals surface area contributed by atoms with Crippen molar-refractivity contribution >= 4 is 23.5 Å². The Morgan fingerprint density at radius 3 is 2.64 bits per heavy atom. The molecule has 2 aromatic carbocycles. The molecule has 33 heavy (non-hydrogen) atoms. The van der Waals surface area contributed by atoms with Crippen LogP contribution in [0.2, 0.25) is 0 Å². The van der Waals surface area contributed by atoms with Crippen LogP contribution in [0.25, 0.3) is 11.4 Å². The molecule has 1 N–H and O–H groups in total. The minimum atomic E-state index is -0.244. The molecule has 0 fully saturated rings. The molecule has 0 saturated carbocycles. The van der Waals surface area contributed by atoms with E-state index >= 15 is 0 Å². The highest BCUT2D eigenvalue weighted by molar-refractivity contribution is 7.99. The van der Waals surface area contributed by atoms with Gasteiger partial charge in [-0.2, -0.15) is 5.26 Å². The predicted molar refractivity (Wildman–Crippen MR) is 127 cm³/mol. The first kappa shape index (κ1) is 22.2. The molecule has 0 aliphatic heterocycles. The van der Waals surface area contributed by atoms with Crippen LogP contribution in [-0.4, -0.2) is 38.1 Å². The van der Waals surface area contributed by atoms with Gasteiger partial charge in [0.15, 0.2) is 5.16 Å². The Kier molecular flexibility index (Phi) is 6.47. The maximum absolute atomic E-state index is 12.9. The fourth-order valence-corrected chi connectivity index (χ4v) is 4.25. The summed E-state index contributed by atoms with van der Waals surface area (Å²) in [6.07, 6.45) is 1.59. The van der Waals surface area contributed by atoms with Gasteiger partial charge in [-0.25, -0.2) is 0 Å². The second-order valence-electron chi connectivity index (χ2n) is 7.24. The predicted octanol–water partition coefficient (Wildman–Crippen LogP) is 4.29. The van der Waals surface area contributed by atoms with Crippen molar-refractivity contribution in [2.45, 2.75) is 19.0 Å². The highest BCUT2D eigenvalue weighted by Crippen LogP contribution is 2.30. The SMILES string of the molecule is COc1cccc(-n2cnnc2SCC(=O)Nc2c(C#N)c(C)c(C)n2-c2ccccc2)c1. The zero-order valence-corrected chi connectivity index (χ0v) is 19.3. The monoisotopic (exact) mass is 458 g/mol. The lowest BCUT2D eigenvalue weighted by molar-refractivity contribution is -0.113. The second-order valence-corrected chi connectivity index (χ2v) is 8.18. The zero-order valence-electron chi connectivity index (χ0n) is 18.4. The topological polar surface area (TPSA) is 97.8 Å². The second kappa shape index (κ2) is 9.63. The van der Waals surface area contributed by atoms with Gasteiger partial charge < -0.3 is 10.1 Å². The summed E-state index contributed by atoms with van der Waals surface area (Å²) in [7, 11) is 1.61. The van der Waals surface area contributed by atoms with Gasteiger partial charge in [0.1, 0.15) is 24.0 Å². The quantitative estimate of drug-likeness (QED) is 0.415. The van der Waals surface area contributed by atoms with Crippen molar-refractivity contribution in [2.75, 3.05) is 18.2 Å². The summed E-state index contributed by atoms with van der Waals surface area (Å²) in [6.45, 7) is 3.82. The van der Waals surface area contributed by atoms with Crippen molar-refractivity contribution in [3.63, 3.8) is 0 Å². The molecule has 2 aromatic heterocycles. The van der Waals surface area contributed by atoms with Crippen LogP contribution >= 0.6 is 11.8 Å². The fraction of sp³-hybridized carbons (Fsp3) is 0.167. The number of anilines is 1.